The number of aryl methyl sites for hydroxylation is 2. The van der Waals surface area contributed by atoms with E-state index < -0.39 is 6.04 Å². The summed E-state index contributed by atoms with van der Waals surface area (Å²) in [5.74, 6) is 0.168. The lowest BCUT2D eigenvalue weighted by Gasteiger charge is -2.29. The first-order chi connectivity index (χ1) is 13.5. The average Bonchev–Trinajstić information content (AvgIpc) is 3.10. The van der Waals surface area contributed by atoms with Gasteiger partial charge in [-0.3, -0.25) is 4.79 Å². The standard InChI is InChI=1S/C23H27NO3S/c1-16(2)27-23(26)20-15-28-21(14-13-18-10-5-4-6-11-18)24(20)22(25)19-12-8-7-9-17(19)3/h4-12,16,20-21H,13-15H2,1-3H3. The molecule has 148 valence electrons. The Labute approximate surface area is 171 Å². The minimum atomic E-state index is -0.541. The lowest BCUT2D eigenvalue weighted by atomic mass is 10.1. The van der Waals surface area contributed by atoms with Crippen molar-refractivity contribution in [2.45, 2.75) is 51.1 Å². The number of nitrogens with zero attached hydrogens (tertiary/aromatic N) is 1. The zero-order valence-electron chi connectivity index (χ0n) is 16.6. The third-order valence-corrected chi connectivity index (χ3v) is 6.21. The Morgan fingerprint density at radius 2 is 1.79 bits per heavy atom. The van der Waals surface area contributed by atoms with Gasteiger partial charge in [-0.15, -0.1) is 11.8 Å². The van der Waals surface area contributed by atoms with Gasteiger partial charge in [-0.2, -0.15) is 0 Å². The Morgan fingerprint density at radius 3 is 2.46 bits per heavy atom. The van der Waals surface area contributed by atoms with Crippen molar-refractivity contribution in [2.24, 2.45) is 0 Å². The van der Waals surface area contributed by atoms with Crippen LogP contribution in [0.15, 0.2) is 54.6 Å². The molecule has 4 nitrogen and oxygen atoms in total. The van der Waals surface area contributed by atoms with Crippen LogP contribution in [0, 0.1) is 6.92 Å². The van der Waals surface area contributed by atoms with Gasteiger partial charge in [0.05, 0.1) is 11.5 Å². The molecular formula is C23H27NO3S. The molecular weight excluding hydrogens is 370 g/mol. The van der Waals surface area contributed by atoms with Gasteiger partial charge in [0.1, 0.15) is 6.04 Å². The first-order valence-electron chi connectivity index (χ1n) is 9.71. The molecule has 1 amide bonds. The molecule has 5 heteroatoms. The van der Waals surface area contributed by atoms with Crippen molar-refractivity contribution in [3.8, 4) is 0 Å². The van der Waals surface area contributed by atoms with Crippen molar-refractivity contribution in [2.75, 3.05) is 5.75 Å². The average molecular weight is 398 g/mol. The Bertz CT molecular complexity index is 822. The number of rotatable bonds is 6. The lowest BCUT2D eigenvalue weighted by Crippen LogP contribution is -2.47. The molecule has 1 aliphatic rings. The second kappa shape index (κ2) is 9.28. The first kappa shape index (κ1) is 20.5. The van der Waals surface area contributed by atoms with Gasteiger partial charge in [0.2, 0.25) is 0 Å². The fourth-order valence-electron chi connectivity index (χ4n) is 3.44. The van der Waals surface area contributed by atoms with E-state index in [2.05, 4.69) is 12.1 Å². The number of ether oxygens (including phenoxy) is 1. The number of carbonyl (C=O) groups is 2. The number of benzene rings is 2. The summed E-state index contributed by atoms with van der Waals surface area (Å²) in [7, 11) is 0. The molecule has 0 N–H and O–H groups in total. The van der Waals surface area contributed by atoms with Gasteiger partial charge >= 0.3 is 5.97 Å². The molecule has 0 aromatic heterocycles. The molecule has 0 aliphatic carbocycles. The molecule has 2 aromatic rings. The smallest absolute Gasteiger partial charge is 0.330 e. The van der Waals surface area contributed by atoms with Crippen molar-refractivity contribution in [1.29, 1.82) is 0 Å². The number of carbonyl (C=O) groups excluding carboxylic acids is 2. The number of hydrogen-bond donors (Lipinski definition) is 0. The van der Waals surface area contributed by atoms with Gasteiger partial charge in [-0.05, 0) is 50.8 Å². The minimum Gasteiger partial charge on any atom is -0.461 e. The summed E-state index contributed by atoms with van der Waals surface area (Å²) in [5.41, 5.74) is 2.80. The van der Waals surface area contributed by atoms with E-state index in [1.165, 1.54) is 5.56 Å². The van der Waals surface area contributed by atoms with Crippen LogP contribution >= 0.6 is 11.8 Å². The van der Waals surface area contributed by atoms with Crippen LogP contribution in [0.1, 0.15) is 41.8 Å². The van der Waals surface area contributed by atoms with Gasteiger partial charge in [0.15, 0.2) is 0 Å². The number of thioether (sulfide) groups is 1. The van der Waals surface area contributed by atoms with Crippen LogP contribution in [0.4, 0.5) is 0 Å². The molecule has 1 fully saturated rings. The number of esters is 1. The highest BCUT2D eigenvalue weighted by molar-refractivity contribution is 8.00. The van der Waals surface area contributed by atoms with E-state index in [1.807, 2.05) is 63.2 Å². The Hall–Kier alpha value is -2.27. The van der Waals surface area contributed by atoms with Crippen molar-refractivity contribution in [3.63, 3.8) is 0 Å². The molecule has 0 spiro atoms. The zero-order valence-corrected chi connectivity index (χ0v) is 17.4. The summed E-state index contributed by atoms with van der Waals surface area (Å²) in [6, 6.07) is 17.2. The highest BCUT2D eigenvalue weighted by Crippen LogP contribution is 2.34. The quantitative estimate of drug-likeness (QED) is 0.675. The molecule has 2 atom stereocenters. The normalized spacial score (nSPS) is 19.1. The molecule has 0 bridgehead atoms. The van der Waals surface area contributed by atoms with Gasteiger partial charge in [0.25, 0.3) is 5.91 Å². The van der Waals surface area contributed by atoms with Crippen molar-refractivity contribution in [1.82, 2.24) is 4.90 Å². The second-order valence-corrected chi connectivity index (χ2v) is 8.55. The summed E-state index contributed by atoms with van der Waals surface area (Å²) in [6.07, 6.45) is 1.47. The summed E-state index contributed by atoms with van der Waals surface area (Å²) in [4.78, 5) is 27.8. The number of amides is 1. The molecule has 2 unspecified atom stereocenters. The maximum absolute atomic E-state index is 13.4. The van der Waals surface area contributed by atoms with Gasteiger partial charge in [-0.1, -0.05) is 48.5 Å². The van der Waals surface area contributed by atoms with Crippen molar-refractivity contribution < 1.29 is 14.3 Å². The summed E-state index contributed by atoms with van der Waals surface area (Å²) in [5, 5.41) is -0.0444. The number of hydrogen-bond acceptors (Lipinski definition) is 4. The van der Waals surface area contributed by atoms with Crippen LogP contribution in [0.2, 0.25) is 0 Å². The van der Waals surface area contributed by atoms with Crippen LogP contribution in [0.5, 0.6) is 0 Å². The van der Waals surface area contributed by atoms with E-state index in [-0.39, 0.29) is 23.4 Å². The predicted molar refractivity (Wildman–Crippen MR) is 113 cm³/mol. The largest absolute Gasteiger partial charge is 0.461 e. The van der Waals surface area contributed by atoms with Gasteiger partial charge < -0.3 is 9.64 Å². The monoisotopic (exact) mass is 397 g/mol. The maximum atomic E-state index is 13.4. The van der Waals surface area contributed by atoms with E-state index in [0.717, 1.165) is 18.4 Å². The van der Waals surface area contributed by atoms with E-state index in [4.69, 9.17) is 4.74 Å². The molecule has 3 rings (SSSR count). The predicted octanol–water partition coefficient (Wildman–Crippen LogP) is 4.46. The van der Waals surface area contributed by atoms with Crippen LogP contribution < -0.4 is 0 Å². The molecule has 0 radical (unpaired) electrons. The highest BCUT2D eigenvalue weighted by Gasteiger charge is 2.42. The van der Waals surface area contributed by atoms with Crippen molar-refractivity contribution >= 4 is 23.6 Å². The van der Waals surface area contributed by atoms with E-state index in [0.29, 0.717) is 11.3 Å². The minimum absolute atomic E-state index is 0.0444. The van der Waals surface area contributed by atoms with E-state index >= 15 is 0 Å². The Morgan fingerprint density at radius 1 is 1.11 bits per heavy atom. The fraction of sp³-hybridized carbons (Fsp3) is 0.391. The van der Waals surface area contributed by atoms with Crippen LogP contribution in [-0.2, 0) is 16.0 Å². The third kappa shape index (κ3) is 4.76. The van der Waals surface area contributed by atoms with Crippen molar-refractivity contribution in [3.05, 3.63) is 71.3 Å². The molecule has 2 aromatic carbocycles. The summed E-state index contributed by atoms with van der Waals surface area (Å²) < 4.78 is 5.45. The van der Waals surface area contributed by atoms with Crippen LogP contribution in [0.3, 0.4) is 0 Å². The maximum Gasteiger partial charge on any atom is 0.330 e. The summed E-state index contributed by atoms with van der Waals surface area (Å²) >= 11 is 1.67. The highest BCUT2D eigenvalue weighted by atomic mass is 32.2. The van der Waals surface area contributed by atoms with Gasteiger partial charge in [-0.25, -0.2) is 4.79 Å². The molecule has 0 saturated carbocycles. The Kier molecular flexibility index (Phi) is 6.79. The van der Waals surface area contributed by atoms with E-state index in [9.17, 15) is 9.59 Å². The SMILES string of the molecule is Cc1ccccc1C(=O)N1C(CCc2ccccc2)SCC1C(=O)OC(C)C. The molecule has 1 saturated heterocycles. The van der Waals surface area contributed by atoms with E-state index in [1.54, 1.807) is 16.7 Å². The summed E-state index contributed by atoms with van der Waals surface area (Å²) in [6.45, 7) is 5.59. The Balaban J connectivity index is 1.83. The topological polar surface area (TPSA) is 46.6 Å². The van der Waals surface area contributed by atoms with Gasteiger partial charge in [0, 0.05) is 11.3 Å². The molecule has 1 aliphatic heterocycles. The molecule has 28 heavy (non-hydrogen) atoms. The lowest BCUT2D eigenvalue weighted by molar-refractivity contribution is -0.151. The zero-order chi connectivity index (χ0) is 20.1. The fourth-order valence-corrected chi connectivity index (χ4v) is 4.83. The first-order valence-corrected chi connectivity index (χ1v) is 10.8. The van der Waals surface area contributed by atoms with Crippen LogP contribution in [-0.4, -0.2) is 40.0 Å². The second-order valence-electron chi connectivity index (χ2n) is 7.34. The van der Waals surface area contributed by atoms with Crippen LogP contribution in [0.25, 0.3) is 0 Å². The molecule has 1 heterocycles. The third-order valence-electron chi connectivity index (χ3n) is 4.85.